The normalized spacial score (nSPS) is 12.8. The van der Waals surface area contributed by atoms with Crippen LogP contribution in [-0.4, -0.2) is 26.9 Å². The number of ether oxygens (including phenoxy) is 2. The predicted molar refractivity (Wildman–Crippen MR) is 93.0 cm³/mol. The zero-order chi connectivity index (χ0) is 17.7. The van der Waals surface area contributed by atoms with Crippen molar-refractivity contribution in [3.05, 3.63) is 59.7 Å². The van der Waals surface area contributed by atoms with E-state index in [0.29, 0.717) is 18.0 Å². The molecular weight excluding hydrogens is 342 g/mol. The Bertz CT molecular complexity index is 849. The number of nitrogens with one attached hydrogen (secondary N) is 1. The van der Waals surface area contributed by atoms with Gasteiger partial charge in [-0.25, -0.2) is 8.42 Å². The third kappa shape index (κ3) is 4.96. The van der Waals surface area contributed by atoms with Crippen molar-refractivity contribution in [3.63, 3.8) is 0 Å². The molecule has 1 amide bonds. The summed E-state index contributed by atoms with van der Waals surface area (Å²) in [6.45, 7) is 0.513. The number of benzene rings is 2. The molecule has 6 nitrogen and oxygen atoms in total. The third-order valence-corrected chi connectivity index (χ3v) is 5.40. The molecule has 0 saturated carbocycles. The summed E-state index contributed by atoms with van der Waals surface area (Å²) in [4.78, 5) is 11.9. The molecule has 0 bridgehead atoms. The van der Waals surface area contributed by atoms with E-state index in [9.17, 15) is 13.2 Å². The van der Waals surface area contributed by atoms with Gasteiger partial charge in [-0.3, -0.25) is 4.79 Å². The van der Waals surface area contributed by atoms with Crippen molar-refractivity contribution in [2.24, 2.45) is 0 Å². The molecule has 0 radical (unpaired) electrons. The van der Waals surface area contributed by atoms with E-state index in [1.165, 1.54) is 0 Å². The van der Waals surface area contributed by atoms with Crippen LogP contribution < -0.4 is 14.8 Å². The Kier molecular flexibility index (Phi) is 5.23. The lowest BCUT2D eigenvalue weighted by atomic mass is 10.2. The topological polar surface area (TPSA) is 81.7 Å². The van der Waals surface area contributed by atoms with E-state index in [-0.39, 0.29) is 30.6 Å². The Hall–Kier alpha value is -2.54. The molecule has 2 aromatic carbocycles. The molecule has 0 atom stereocenters. The Morgan fingerprint density at radius 3 is 2.56 bits per heavy atom. The van der Waals surface area contributed by atoms with Crippen LogP contribution in [0.2, 0.25) is 0 Å². The SMILES string of the molecule is O=C(CCS(=O)(=O)Cc1ccccc1)NCc1ccc2c(c1)OCO2. The van der Waals surface area contributed by atoms with Crippen LogP contribution in [0.3, 0.4) is 0 Å². The Morgan fingerprint density at radius 2 is 1.76 bits per heavy atom. The quantitative estimate of drug-likeness (QED) is 0.816. The molecular formula is C18H19NO5S. The minimum Gasteiger partial charge on any atom is -0.454 e. The molecule has 1 heterocycles. The molecule has 1 aliphatic heterocycles. The fourth-order valence-electron chi connectivity index (χ4n) is 2.49. The van der Waals surface area contributed by atoms with Crippen molar-refractivity contribution in [2.45, 2.75) is 18.7 Å². The molecule has 0 unspecified atom stereocenters. The molecule has 0 aliphatic carbocycles. The van der Waals surface area contributed by atoms with E-state index in [2.05, 4.69) is 5.32 Å². The lowest BCUT2D eigenvalue weighted by Gasteiger charge is -2.07. The summed E-state index contributed by atoms with van der Waals surface area (Å²) >= 11 is 0. The highest BCUT2D eigenvalue weighted by atomic mass is 32.2. The molecule has 0 spiro atoms. The Morgan fingerprint density at radius 1 is 1.00 bits per heavy atom. The van der Waals surface area contributed by atoms with Crippen molar-refractivity contribution in [1.29, 1.82) is 0 Å². The van der Waals surface area contributed by atoms with E-state index < -0.39 is 9.84 Å². The van der Waals surface area contributed by atoms with Crippen molar-refractivity contribution in [3.8, 4) is 11.5 Å². The average molecular weight is 361 g/mol. The zero-order valence-electron chi connectivity index (χ0n) is 13.6. The fourth-order valence-corrected chi connectivity index (χ4v) is 3.83. The fraction of sp³-hybridized carbons (Fsp3) is 0.278. The molecule has 0 aromatic heterocycles. The molecule has 2 aromatic rings. The lowest BCUT2D eigenvalue weighted by molar-refractivity contribution is -0.120. The maximum Gasteiger partial charge on any atom is 0.231 e. The van der Waals surface area contributed by atoms with Gasteiger partial charge >= 0.3 is 0 Å². The van der Waals surface area contributed by atoms with Crippen molar-refractivity contribution in [1.82, 2.24) is 5.32 Å². The first-order valence-electron chi connectivity index (χ1n) is 7.91. The number of carbonyl (C=O) groups is 1. The van der Waals surface area contributed by atoms with Crippen LogP contribution in [0.5, 0.6) is 11.5 Å². The maximum atomic E-state index is 12.1. The number of rotatable bonds is 7. The van der Waals surface area contributed by atoms with Crippen LogP contribution >= 0.6 is 0 Å². The van der Waals surface area contributed by atoms with Gasteiger partial charge < -0.3 is 14.8 Å². The summed E-state index contributed by atoms with van der Waals surface area (Å²) in [6, 6.07) is 14.4. The van der Waals surface area contributed by atoms with Gasteiger partial charge in [0.05, 0.1) is 11.5 Å². The first-order valence-corrected chi connectivity index (χ1v) is 9.73. The Labute approximate surface area is 146 Å². The average Bonchev–Trinajstić information content (AvgIpc) is 3.06. The minimum absolute atomic E-state index is 0.0523. The highest BCUT2D eigenvalue weighted by Crippen LogP contribution is 2.32. The van der Waals surface area contributed by atoms with Crippen LogP contribution in [0.1, 0.15) is 17.5 Å². The minimum atomic E-state index is -3.32. The summed E-state index contributed by atoms with van der Waals surface area (Å²) in [5.41, 5.74) is 1.59. The van der Waals surface area contributed by atoms with Crippen molar-refractivity contribution >= 4 is 15.7 Å². The highest BCUT2D eigenvalue weighted by Gasteiger charge is 2.16. The standard InChI is InChI=1S/C18H19NO5S/c20-18(8-9-25(21,22)12-14-4-2-1-3-5-14)19-11-15-6-7-16-17(10-15)24-13-23-16/h1-7,10H,8-9,11-13H2,(H,19,20). The maximum absolute atomic E-state index is 12.1. The van der Waals surface area contributed by atoms with E-state index in [4.69, 9.17) is 9.47 Å². The summed E-state index contributed by atoms with van der Waals surface area (Å²) < 4.78 is 34.7. The largest absolute Gasteiger partial charge is 0.454 e. The number of amides is 1. The van der Waals surface area contributed by atoms with Gasteiger partial charge in [-0.1, -0.05) is 36.4 Å². The summed E-state index contributed by atoms with van der Waals surface area (Å²) in [7, 11) is -3.32. The molecule has 3 rings (SSSR count). The monoisotopic (exact) mass is 361 g/mol. The van der Waals surface area contributed by atoms with E-state index in [1.54, 1.807) is 36.4 Å². The molecule has 0 saturated heterocycles. The van der Waals surface area contributed by atoms with Gasteiger partial charge in [0.1, 0.15) is 0 Å². The molecule has 132 valence electrons. The number of carbonyl (C=O) groups excluding carboxylic acids is 1. The van der Waals surface area contributed by atoms with Crippen LogP contribution in [0.25, 0.3) is 0 Å². The number of sulfone groups is 1. The van der Waals surface area contributed by atoms with E-state index >= 15 is 0 Å². The predicted octanol–water partition coefficient (Wildman–Crippen LogP) is 2.04. The molecule has 7 heteroatoms. The second-order valence-corrected chi connectivity index (χ2v) is 7.98. The second-order valence-electron chi connectivity index (χ2n) is 5.79. The summed E-state index contributed by atoms with van der Waals surface area (Å²) in [5, 5.41) is 2.73. The van der Waals surface area contributed by atoms with Crippen LogP contribution in [0.15, 0.2) is 48.5 Å². The van der Waals surface area contributed by atoms with Crippen molar-refractivity contribution < 1.29 is 22.7 Å². The van der Waals surface area contributed by atoms with Gasteiger partial charge in [-0.2, -0.15) is 0 Å². The smallest absolute Gasteiger partial charge is 0.231 e. The Balaban J connectivity index is 1.46. The van der Waals surface area contributed by atoms with Crippen LogP contribution in [0.4, 0.5) is 0 Å². The van der Waals surface area contributed by atoms with E-state index in [0.717, 1.165) is 11.1 Å². The van der Waals surface area contributed by atoms with Gasteiger partial charge in [0.15, 0.2) is 21.3 Å². The zero-order valence-corrected chi connectivity index (χ0v) is 14.4. The number of fused-ring (bicyclic) bond motifs is 1. The number of hydrogen-bond acceptors (Lipinski definition) is 5. The first kappa shape index (κ1) is 17.3. The van der Waals surface area contributed by atoms with Crippen LogP contribution in [0, 0.1) is 0 Å². The highest BCUT2D eigenvalue weighted by molar-refractivity contribution is 7.90. The first-order chi connectivity index (χ1) is 12.0. The summed E-state index contributed by atoms with van der Waals surface area (Å²) in [6.07, 6.45) is -0.0558. The van der Waals surface area contributed by atoms with Crippen LogP contribution in [-0.2, 0) is 26.9 Å². The number of hydrogen-bond donors (Lipinski definition) is 1. The molecule has 1 N–H and O–H groups in total. The van der Waals surface area contributed by atoms with Crippen molar-refractivity contribution in [2.75, 3.05) is 12.5 Å². The van der Waals surface area contributed by atoms with Gasteiger partial charge in [0.2, 0.25) is 12.7 Å². The molecule has 1 aliphatic rings. The summed E-state index contributed by atoms with van der Waals surface area (Å²) in [5.74, 6) is 0.812. The van der Waals surface area contributed by atoms with Gasteiger partial charge in [0.25, 0.3) is 0 Å². The van der Waals surface area contributed by atoms with Gasteiger partial charge in [-0.05, 0) is 23.3 Å². The molecule has 0 fully saturated rings. The third-order valence-electron chi connectivity index (χ3n) is 3.80. The van der Waals surface area contributed by atoms with Gasteiger partial charge in [-0.15, -0.1) is 0 Å². The van der Waals surface area contributed by atoms with Gasteiger partial charge in [0, 0.05) is 13.0 Å². The molecule has 25 heavy (non-hydrogen) atoms. The lowest BCUT2D eigenvalue weighted by Crippen LogP contribution is -2.25. The van der Waals surface area contributed by atoms with E-state index in [1.807, 2.05) is 12.1 Å². The second kappa shape index (κ2) is 7.57.